The number of amides is 1. The highest BCUT2D eigenvalue weighted by Gasteiger charge is 2.35. The number of amidine groups is 1. The van der Waals surface area contributed by atoms with Gasteiger partial charge in [0, 0.05) is 5.56 Å². The van der Waals surface area contributed by atoms with Crippen molar-refractivity contribution in [2.75, 3.05) is 11.5 Å². The number of thioether (sulfide) groups is 1. The van der Waals surface area contributed by atoms with Gasteiger partial charge < -0.3 is 4.74 Å². The van der Waals surface area contributed by atoms with Crippen LogP contribution in [0.5, 0.6) is 5.75 Å². The molecule has 0 atom stereocenters. The molecule has 0 radical (unpaired) electrons. The molecule has 0 spiro atoms. The molecule has 1 saturated heterocycles. The largest absolute Gasteiger partial charge is 0.493 e. The van der Waals surface area contributed by atoms with E-state index in [0.717, 1.165) is 46.7 Å². The van der Waals surface area contributed by atoms with Gasteiger partial charge in [0.05, 0.1) is 22.9 Å². The molecule has 1 heterocycles. The predicted molar refractivity (Wildman–Crippen MR) is 139 cm³/mol. The first-order valence-electron chi connectivity index (χ1n) is 11.2. The number of benzene rings is 3. The standard InChI is InChI=1S/C28H28N2O2S/c1-4-5-16-32-25-15-7-6-12-22(25)19-26-27(31)30(24-14-9-11-21(3)18-24)28(33-26)29-23-13-8-10-20(2)17-23/h6-15,17-19H,4-5,16H2,1-3H3/b26-19-,29-28?. The van der Waals surface area contributed by atoms with Crippen LogP contribution < -0.4 is 9.64 Å². The van der Waals surface area contributed by atoms with Crippen LogP contribution in [0.15, 0.2) is 82.7 Å². The summed E-state index contributed by atoms with van der Waals surface area (Å²) in [6.07, 6.45) is 3.98. The maximum Gasteiger partial charge on any atom is 0.271 e. The Bertz CT molecular complexity index is 1220. The van der Waals surface area contributed by atoms with Gasteiger partial charge >= 0.3 is 0 Å². The van der Waals surface area contributed by atoms with Crippen molar-refractivity contribution in [1.29, 1.82) is 0 Å². The summed E-state index contributed by atoms with van der Waals surface area (Å²) >= 11 is 1.39. The van der Waals surface area contributed by atoms with Crippen molar-refractivity contribution < 1.29 is 9.53 Å². The summed E-state index contributed by atoms with van der Waals surface area (Å²) in [4.78, 5) is 20.7. The zero-order chi connectivity index (χ0) is 23.2. The van der Waals surface area contributed by atoms with Gasteiger partial charge in [-0.15, -0.1) is 0 Å². The molecule has 0 saturated carbocycles. The molecule has 0 unspecified atom stereocenters. The van der Waals surface area contributed by atoms with Crippen LogP contribution in [0, 0.1) is 13.8 Å². The van der Waals surface area contributed by atoms with E-state index in [4.69, 9.17) is 9.73 Å². The van der Waals surface area contributed by atoms with Crippen LogP contribution in [-0.4, -0.2) is 17.7 Å². The summed E-state index contributed by atoms with van der Waals surface area (Å²) in [6, 6.07) is 23.8. The summed E-state index contributed by atoms with van der Waals surface area (Å²) in [5.74, 6) is 0.707. The van der Waals surface area contributed by atoms with Crippen LogP contribution in [0.4, 0.5) is 11.4 Å². The predicted octanol–water partition coefficient (Wildman–Crippen LogP) is 7.29. The van der Waals surface area contributed by atoms with Crippen molar-refractivity contribution >= 4 is 40.3 Å². The molecule has 1 fully saturated rings. The number of carbonyl (C=O) groups excluding carboxylic acids is 1. The van der Waals surface area contributed by atoms with Crippen molar-refractivity contribution in [2.45, 2.75) is 33.6 Å². The zero-order valence-electron chi connectivity index (χ0n) is 19.2. The van der Waals surface area contributed by atoms with Gasteiger partial charge in [-0.3, -0.25) is 9.69 Å². The normalized spacial score (nSPS) is 16.1. The van der Waals surface area contributed by atoms with E-state index in [9.17, 15) is 4.79 Å². The van der Waals surface area contributed by atoms with E-state index in [-0.39, 0.29) is 5.91 Å². The van der Waals surface area contributed by atoms with E-state index in [1.165, 1.54) is 11.8 Å². The molecule has 1 amide bonds. The Morgan fingerprint density at radius 3 is 2.48 bits per heavy atom. The Kier molecular flexibility index (Phi) is 7.30. The van der Waals surface area contributed by atoms with Crippen LogP contribution in [0.2, 0.25) is 0 Å². The second-order valence-electron chi connectivity index (χ2n) is 8.06. The number of ether oxygens (including phenoxy) is 1. The first-order chi connectivity index (χ1) is 16.0. The Balaban J connectivity index is 1.74. The van der Waals surface area contributed by atoms with Crippen LogP contribution in [0.3, 0.4) is 0 Å². The van der Waals surface area contributed by atoms with E-state index >= 15 is 0 Å². The molecule has 5 heteroatoms. The lowest BCUT2D eigenvalue weighted by Crippen LogP contribution is -2.28. The SMILES string of the molecule is CCCCOc1ccccc1/C=C1\SC(=Nc2cccc(C)c2)N(c2cccc(C)c2)C1=O. The number of unbranched alkanes of at least 4 members (excludes halogenated alkanes) is 1. The highest BCUT2D eigenvalue weighted by Crippen LogP contribution is 2.38. The fourth-order valence-corrected chi connectivity index (χ4v) is 4.54. The number of rotatable bonds is 7. The Labute approximate surface area is 200 Å². The summed E-state index contributed by atoms with van der Waals surface area (Å²) in [6.45, 7) is 6.86. The lowest BCUT2D eigenvalue weighted by molar-refractivity contribution is -0.113. The number of para-hydroxylation sites is 1. The number of carbonyl (C=O) groups is 1. The maximum atomic E-state index is 13.6. The monoisotopic (exact) mass is 456 g/mol. The Morgan fingerprint density at radius 2 is 1.73 bits per heavy atom. The maximum absolute atomic E-state index is 13.6. The van der Waals surface area contributed by atoms with E-state index in [2.05, 4.69) is 6.92 Å². The first kappa shape index (κ1) is 22.9. The minimum atomic E-state index is -0.0830. The van der Waals surface area contributed by atoms with E-state index in [0.29, 0.717) is 16.7 Å². The molecule has 3 aromatic carbocycles. The van der Waals surface area contributed by atoms with Gasteiger partial charge in [0.15, 0.2) is 5.17 Å². The first-order valence-corrected chi connectivity index (χ1v) is 12.0. The molecule has 4 rings (SSSR count). The van der Waals surface area contributed by atoms with Crippen molar-refractivity contribution in [3.8, 4) is 5.75 Å². The van der Waals surface area contributed by atoms with Gasteiger partial charge in [-0.05, 0) is 79.6 Å². The lowest BCUT2D eigenvalue weighted by atomic mass is 10.1. The highest BCUT2D eigenvalue weighted by atomic mass is 32.2. The molecule has 0 aromatic heterocycles. The smallest absolute Gasteiger partial charge is 0.271 e. The third kappa shape index (κ3) is 5.55. The summed E-state index contributed by atoms with van der Waals surface area (Å²) in [5, 5.41) is 0.645. The molecular weight excluding hydrogens is 428 g/mol. The average Bonchev–Trinajstić information content (AvgIpc) is 3.09. The van der Waals surface area contributed by atoms with Crippen LogP contribution >= 0.6 is 11.8 Å². The van der Waals surface area contributed by atoms with Crippen LogP contribution in [0.1, 0.15) is 36.5 Å². The zero-order valence-corrected chi connectivity index (χ0v) is 20.1. The minimum Gasteiger partial charge on any atom is -0.493 e. The third-order valence-electron chi connectivity index (χ3n) is 5.25. The van der Waals surface area contributed by atoms with Gasteiger partial charge in [0.2, 0.25) is 0 Å². The second kappa shape index (κ2) is 10.5. The molecule has 33 heavy (non-hydrogen) atoms. The minimum absolute atomic E-state index is 0.0830. The number of anilines is 1. The number of aliphatic imine (C=N–C) groups is 1. The van der Waals surface area contributed by atoms with Gasteiger partial charge in [-0.2, -0.15) is 0 Å². The fraction of sp³-hybridized carbons (Fsp3) is 0.214. The fourth-order valence-electron chi connectivity index (χ4n) is 3.55. The molecule has 0 aliphatic carbocycles. The van der Waals surface area contributed by atoms with E-state index in [1.807, 2.05) is 92.7 Å². The number of hydrogen-bond acceptors (Lipinski definition) is 4. The number of hydrogen-bond donors (Lipinski definition) is 0. The van der Waals surface area contributed by atoms with Gasteiger partial charge in [0.1, 0.15) is 5.75 Å². The molecule has 1 aliphatic rings. The summed E-state index contributed by atoms with van der Waals surface area (Å²) in [7, 11) is 0. The van der Waals surface area contributed by atoms with Crippen LogP contribution in [-0.2, 0) is 4.79 Å². The average molecular weight is 457 g/mol. The van der Waals surface area contributed by atoms with Gasteiger partial charge in [-0.1, -0.05) is 55.8 Å². The molecule has 0 N–H and O–H groups in total. The molecule has 168 valence electrons. The lowest BCUT2D eigenvalue weighted by Gasteiger charge is -2.16. The quantitative estimate of drug-likeness (QED) is 0.277. The van der Waals surface area contributed by atoms with Gasteiger partial charge in [-0.25, -0.2) is 4.99 Å². The van der Waals surface area contributed by atoms with Crippen molar-refractivity contribution in [1.82, 2.24) is 0 Å². The number of aryl methyl sites for hydroxylation is 2. The van der Waals surface area contributed by atoms with Crippen LogP contribution in [0.25, 0.3) is 6.08 Å². The second-order valence-corrected chi connectivity index (χ2v) is 9.07. The van der Waals surface area contributed by atoms with E-state index in [1.54, 1.807) is 4.90 Å². The summed E-state index contributed by atoms with van der Waals surface area (Å²) in [5.41, 5.74) is 4.75. The Hall–Kier alpha value is -3.31. The van der Waals surface area contributed by atoms with Crippen molar-refractivity contribution in [3.63, 3.8) is 0 Å². The molecule has 4 nitrogen and oxygen atoms in total. The van der Waals surface area contributed by atoms with Gasteiger partial charge in [0.25, 0.3) is 5.91 Å². The topological polar surface area (TPSA) is 41.9 Å². The Morgan fingerprint density at radius 1 is 0.970 bits per heavy atom. The summed E-state index contributed by atoms with van der Waals surface area (Å²) < 4.78 is 5.98. The molecule has 3 aromatic rings. The molecule has 1 aliphatic heterocycles. The highest BCUT2D eigenvalue weighted by molar-refractivity contribution is 8.19. The van der Waals surface area contributed by atoms with Crippen molar-refractivity contribution in [2.24, 2.45) is 4.99 Å². The number of nitrogens with zero attached hydrogens (tertiary/aromatic N) is 2. The third-order valence-corrected chi connectivity index (χ3v) is 6.22. The van der Waals surface area contributed by atoms with Crippen molar-refractivity contribution in [3.05, 3.63) is 94.4 Å². The molecule has 0 bridgehead atoms. The van der Waals surface area contributed by atoms with E-state index < -0.39 is 0 Å². The molecular formula is C28H28N2O2S.